The Balaban J connectivity index is 2.35. The van der Waals surface area contributed by atoms with Gasteiger partial charge < -0.3 is 5.32 Å². The SMILES string of the molecule is C/C=C\C(=C/C)c1cccc(C2C=C(C(C)(C)C)C=CN2)c1. The summed E-state index contributed by atoms with van der Waals surface area (Å²) in [5.41, 5.74) is 5.37. The first-order chi connectivity index (χ1) is 10.5. The summed E-state index contributed by atoms with van der Waals surface area (Å²) in [6.07, 6.45) is 13.0. The second-order valence-corrected chi connectivity index (χ2v) is 6.72. The first-order valence-corrected chi connectivity index (χ1v) is 8.00. The van der Waals surface area contributed by atoms with E-state index in [2.05, 4.69) is 101 Å². The van der Waals surface area contributed by atoms with Crippen LogP contribution in [0.4, 0.5) is 0 Å². The third-order valence-electron chi connectivity index (χ3n) is 3.99. The standard InChI is InChI=1S/C21H27N/c1-6-9-16(7-2)17-10-8-11-18(14-17)20-15-19(12-13-22-20)21(3,4)5/h6-15,20,22H,1-5H3/b9-6-,16-7+. The Kier molecular flexibility index (Phi) is 5.07. The molecular formula is C21H27N. The van der Waals surface area contributed by atoms with Crippen molar-refractivity contribution in [2.75, 3.05) is 0 Å². The van der Waals surface area contributed by atoms with Crippen molar-refractivity contribution in [2.45, 2.75) is 40.7 Å². The molecule has 0 spiro atoms. The molecule has 2 rings (SSSR count). The zero-order chi connectivity index (χ0) is 16.2. The summed E-state index contributed by atoms with van der Waals surface area (Å²) >= 11 is 0. The molecule has 1 aliphatic heterocycles. The van der Waals surface area contributed by atoms with E-state index in [1.165, 1.54) is 22.3 Å². The van der Waals surface area contributed by atoms with Crippen LogP contribution in [-0.2, 0) is 0 Å². The van der Waals surface area contributed by atoms with Crippen molar-refractivity contribution in [1.82, 2.24) is 5.32 Å². The maximum Gasteiger partial charge on any atom is 0.0698 e. The first-order valence-electron chi connectivity index (χ1n) is 8.00. The Hall–Kier alpha value is -2.02. The normalized spacial score (nSPS) is 19.2. The molecule has 0 bridgehead atoms. The Labute approximate surface area is 135 Å². The highest BCUT2D eigenvalue weighted by molar-refractivity contribution is 5.74. The molecule has 0 fully saturated rings. The highest BCUT2D eigenvalue weighted by Gasteiger charge is 2.20. The predicted octanol–water partition coefficient (Wildman–Crippen LogP) is 5.80. The van der Waals surface area contributed by atoms with Gasteiger partial charge in [0.1, 0.15) is 0 Å². The van der Waals surface area contributed by atoms with E-state index in [1.807, 2.05) is 0 Å². The smallest absolute Gasteiger partial charge is 0.0698 e. The molecule has 1 atom stereocenters. The fourth-order valence-electron chi connectivity index (χ4n) is 2.67. The molecule has 22 heavy (non-hydrogen) atoms. The van der Waals surface area contributed by atoms with Crippen LogP contribution in [0, 0.1) is 5.41 Å². The number of allylic oxidation sites excluding steroid dienone is 6. The van der Waals surface area contributed by atoms with Crippen LogP contribution in [-0.4, -0.2) is 0 Å². The molecule has 1 aromatic carbocycles. The lowest BCUT2D eigenvalue weighted by Gasteiger charge is -2.27. The first kappa shape index (κ1) is 16.4. The number of dihydropyridines is 1. The van der Waals surface area contributed by atoms with Crippen LogP contribution in [0.25, 0.3) is 5.57 Å². The Morgan fingerprint density at radius 2 is 1.95 bits per heavy atom. The second kappa shape index (κ2) is 6.83. The van der Waals surface area contributed by atoms with Gasteiger partial charge in [0, 0.05) is 0 Å². The molecule has 1 aliphatic rings. The van der Waals surface area contributed by atoms with Crippen molar-refractivity contribution in [3.8, 4) is 0 Å². The van der Waals surface area contributed by atoms with E-state index in [0.717, 1.165) is 0 Å². The Morgan fingerprint density at radius 3 is 2.59 bits per heavy atom. The van der Waals surface area contributed by atoms with Gasteiger partial charge in [-0.05, 0) is 59.9 Å². The van der Waals surface area contributed by atoms with Gasteiger partial charge in [-0.2, -0.15) is 0 Å². The van der Waals surface area contributed by atoms with Gasteiger partial charge in [-0.15, -0.1) is 0 Å². The maximum atomic E-state index is 3.46. The molecule has 0 aromatic heterocycles. The van der Waals surface area contributed by atoms with Crippen molar-refractivity contribution in [2.24, 2.45) is 5.41 Å². The van der Waals surface area contributed by atoms with E-state index in [1.54, 1.807) is 0 Å². The summed E-state index contributed by atoms with van der Waals surface area (Å²) in [6.45, 7) is 10.9. The average Bonchev–Trinajstić information content (AvgIpc) is 2.52. The van der Waals surface area contributed by atoms with E-state index >= 15 is 0 Å². The summed E-state index contributed by atoms with van der Waals surface area (Å²) in [7, 11) is 0. The second-order valence-electron chi connectivity index (χ2n) is 6.72. The predicted molar refractivity (Wildman–Crippen MR) is 97.5 cm³/mol. The topological polar surface area (TPSA) is 12.0 Å². The molecular weight excluding hydrogens is 266 g/mol. The fourth-order valence-corrected chi connectivity index (χ4v) is 2.67. The quantitative estimate of drug-likeness (QED) is 0.695. The lowest BCUT2D eigenvalue weighted by Crippen LogP contribution is -2.20. The van der Waals surface area contributed by atoms with Gasteiger partial charge in [0.2, 0.25) is 0 Å². The van der Waals surface area contributed by atoms with Gasteiger partial charge in [0.25, 0.3) is 0 Å². The van der Waals surface area contributed by atoms with Crippen LogP contribution in [0.3, 0.4) is 0 Å². The van der Waals surface area contributed by atoms with Gasteiger partial charge >= 0.3 is 0 Å². The van der Waals surface area contributed by atoms with Crippen molar-refractivity contribution in [1.29, 1.82) is 0 Å². The zero-order valence-electron chi connectivity index (χ0n) is 14.4. The van der Waals surface area contributed by atoms with Gasteiger partial charge in [0.05, 0.1) is 6.04 Å². The highest BCUT2D eigenvalue weighted by Crippen LogP contribution is 2.32. The zero-order valence-corrected chi connectivity index (χ0v) is 14.4. The molecule has 1 unspecified atom stereocenters. The van der Waals surface area contributed by atoms with Gasteiger partial charge in [0.15, 0.2) is 0 Å². The number of nitrogens with one attached hydrogen (secondary N) is 1. The minimum absolute atomic E-state index is 0.174. The van der Waals surface area contributed by atoms with Crippen LogP contribution in [0.2, 0.25) is 0 Å². The van der Waals surface area contributed by atoms with E-state index in [4.69, 9.17) is 0 Å². The minimum Gasteiger partial charge on any atom is -0.381 e. The molecule has 0 radical (unpaired) electrons. The number of hydrogen-bond acceptors (Lipinski definition) is 1. The number of rotatable bonds is 3. The minimum atomic E-state index is 0.174. The van der Waals surface area contributed by atoms with Gasteiger partial charge in [-0.3, -0.25) is 0 Å². The van der Waals surface area contributed by atoms with E-state index in [9.17, 15) is 0 Å². The monoisotopic (exact) mass is 293 g/mol. The number of hydrogen-bond donors (Lipinski definition) is 1. The summed E-state index contributed by atoms with van der Waals surface area (Å²) in [5.74, 6) is 0. The molecule has 0 aliphatic carbocycles. The van der Waals surface area contributed by atoms with Crippen LogP contribution in [0.5, 0.6) is 0 Å². The fraction of sp³-hybridized carbons (Fsp3) is 0.333. The third kappa shape index (κ3) is 3.79. The Morgan fingerprint density at radius 1 is 1.18 bits per heavy atom. The third-order valence-corrected chi connectivity index (χ3v) is 3.99. The van der Waals surface area contributed by atoms with Crippen LogP contribution in [0.15, 0.2) is 66.4 Å². The molecule has 1 heteroatoms. The van der Waals surface area contributed by atoms with E-state index in [-0.39, 0.29) is 11.5 Å². The van der Waals surface area contributed by atoms with Crippen molar-refractivity contribution in [3.05, 3.63) is 77.5 Å². The van der Waals surface area contributed by atoms with Crippen molar-refractivity contribution < 1.29 is 0 Å². The van der Waals surface area contributed by atoms with E-state index < -0.39 is 0 Å². The summed E-state index contributed by atoms with van der Waals surface area (Å²) in [4.78, 5) is 0. The molecule has 0 saturated carbocycles. The summed E-state index contributed by atoms with van der Waals surface area (Å²) in [5, 5.41) is 3.46. The number of benzene rings is 1. The molecule has 0 saturated heterocycles. The van der Waals surface area contributed by atoms with Crippen LogP contribution in [0.1, 0.15) is 51.8 Å². The largest absolute Gasteiger partial charge is 0.381 e. The average molecular weight is 293 g/mol. The lowest BCUT2D eigenvalue weighted by atomic mass is 9.83. The van der Waals surface area contributed by atoms with E-state index in [0.29, 0.717) is 0 Å². The molecule has 116 valence electrons. The summed E-state index contributed by atoms with van der Waals surface area (Å²) in [6, 6.07) is 9.03. The highest BCUT2D eigenvalue weighted by atomic mass is 14.9. The maximum absolute atomic E-state index is 3.46. The molecule has 1 N–H and O–H groups in total. The van der Waals surface area contributed by atoms with Crippen molar-refractivity contribution in [3.63, 3.8) is 0 Å². The lowest BCUT2D eigenvalue weighted by molar-refractivity contribution is 0.505. The molecule has 0 amide bonds. The van der Waals surface area contributed by atoms with Crippen molar-refractivity contribution >= 4 is 5.57 Å². The molecule has 1 aromatic rings. The Bertz CT molecular complexity index is 636. The molecule has 1 heterocycles. The van der Waals surface area contributed by atoms with Crippen LogP contribution >= 0.6 is 0 Å². The van der Waals surface area contributed by atoms with Crippen LogP contribution < -0.4 is 5.32 Å². The van der Waals surface area contributed by atoms with Gasteiger partial charge in [-0.1, -0.05) is 63.3 Å². The van der Waals surface area contributed by atoms with Gasteiger partial charge in [-0.25, -0.2) is 0 Å². The summed E-state index contributed by atoms with van der Waals surface area (Å²) < 4.78 is 0. The molecule has 1 nitrogen and oxygen atoms in total.